The first-order valence-corrected chi connectivity index (χ1v) is 6.61. The fourth-order valence-electron chi connectivity index (χ4n) is 2.10. The van der Waals surface area contributed by atoms with Gasteiger partial charge in [-0.1, -0.05) is 12.1 Å². The van der Waals surface area contributed by atoms with Gasteiger partial charge in [-0.3, -0.25) is 4.79 Å². The molecule has 1 atom stereocenters. The van der Waals surface area contributed by atoms with E-state index >= 15 is 0 Å². The molecule has 1 aromatic carbocycles. The van der Waals surface area contributed by atoms with Gasteiger partial charge in [0, 0.05) is 12.6 Å². The van der Waals surface area contributed by atoms with Crippen LogP contribution in [0.2, 0.25) is 0 Å². The van der Waals surface area contributed by atoms with Gasteiger partial charge in [-0.15, -0.1) is 0 Å². The zero-order chi connectivity index (χ0) is 15.5. The number of halogens is 3. The van der Waals surface area contributed by atoms with Crippen LogP contribution in [0.5, 0.6) is 0 Å². The van der Waals surface area contributed by atoms with Gasteiger partial charge in [-0.2, -0.15) is 13.2 Å². The Labute approximate surface area is 121 Å². The van der Waals surface area contributed by atoms with Crippen molar-refractivity contribution in [2.45, 2.75) is 19.1 Å². The molecule has 1 unspecified atom stereocenters. The Bertz CT molecular complexity index is 523. The van der Waals surface area contributed by atoms with Crippen molar-refractivity contribution in [3.05, 3.63) is 41.5 Å². The minimum absolute atomic E-state index is 0.00325. The van der Waals surface area contributed by atoms with Gasteiger partial charge < -0.3 is 9.64 Å². The molecule has 0 saturated carbocycles. The maximum atomic E-state index is 12.4. The van der Waals surface area contributed by atoms with Gasteiger partial charge >= 0.3 is 6.18 Å². The van der Waals surface area contributed by atoms with Crippen molar-refractivity contribution in [2.24, 2.45) is 0 Å². The number of rotatable bonds is 2. The molecule has 1 aliphatic rings. The van der Waals surface area contributed by atoms with Gasteiger partial charge in [0.05, 0.1) is 24.8 Å². The molecule has 3 nitrogen and oxygen atoms in total. The largest absolute Gasteiger partial charge is 0.416 e. The van der Waals surface area contributed by atoms with Crippen LogP contribution in [0, 0.1) is 0 Å². The number of alkyl halides is 3. The normalized spacial score (nSPS) is 20.0. The second kappa shape index (κ2) is 6.30. The minimum Gasteiger partial charge on any atom is -0.377 e. The third-order valence-corrected chi connectivity index (χ3v) is 3.31. The highest BCUT2D eigenvalue weighted by Gasteiger charge is 2.29. The third kappa shape index (κ3) is 4.07. The number of amides is 1. The zero-order valence-electron chi connectivity index (χ0n) is 11.6. The smallest absolute Gasteiger partial charge is 0.377 e. The molecule has 114 valence electrons. The molecule has 1 saturated heterocycles. The summed E-state index contributed by atoms with van der Waals surface area (Å²) in [6.45, 7) is 3.42. The molecule has 1 aliphatic heterocycles. The Morgan fingerprint density at radius 2 is 2.00 bits per heavy atom. The van der Waals surface area contributed by atoms with Gasteiger partial charge in [-0.05, 0) is 30.7 Å². The van der Waals surface area contributed by atoms with Crippen LogP contribution in [-0.2, 0) is 15.7 Å². The van der Waals surface area contributed by atoms with E-state index < -0.39 is 11.7 Å². The Morgan fingerprint density at radius 1 is 1.33 bits per heavy atom. The predicted molar refractivity (Wildman–Crippen MR) is 72.5 cm³/mol. The molecule has 21 heavy (non-hydrogen) atoms. The van der Waals surface area contributed by atoms with E-state index in [-0.39, 0.29) is 11.9 Å². The Morgan fingerprint density at radius 3 is 2.57 bits per heavy atom. The van der Waals surface area contributed by atoms with Crippen molar-refractivity contribution >= 4 is 12.0 Å². The first-order valence-electron chi connectivity index (χ1n) is 6.61. The van der Waals surface area contributed by atoms with Crippen LogP contribution in [-0.4, -0.2) is 36.6 Å². The third-order valence-electron chi connectivity index (χ3n) is 3.31. The highest BCUT2D eigenvalue weighted by atomic mass is 19.4. The summed E-state index contributed by atoms with van der Waals surface area (Å²) in [6, 6.07) is 4.69. The molecule has 0 aromatic heterocycles. The van der Waals surface area contributed by atoms with Crippen LogP contribution in [0.25, 0.3) is 6.08 Å². The summed E-state index contributed by atoms with van der Waals surface area (Å²) in [5.41, 5.74) is -0.148. The molecule has 1 amide bonds. The van der Waals surface area contributed by atoms with Crippen molar-refractivity contribution in [3.63, 3.8) is 0 Å². The second-order valence-electron chi connectivity index (χ2n) is 4.91. The van der Waals surface area contributed by atoms with Gasteiger partial charge in [0.2, 0.25) is 5.91 Å². The molecular weight excluding hydrogens is 283 g/mol. The van der Waals surface area contributed by atoms with Gasteiger partial charge in [-0.25, -0.2) is 0 Å². The summed E-state index contributed by atoms with van der Waals surface area (Å²) in [4.78, 5) is 13.7. The molecule has 1 fully saturated rings. The van der Waals surface area contributed by atoms with E-state index in [4.69, 9.17) is 4.74 Å². The quantitative estimate of drug-likeness (QED) is 0.786. The highest BCUT2D eigenvalue weighted by molar-refractivity contribution is 5.92. The molecule has 1 aromatic rings. The zero-order valence-corrected chi connectivity index (χ0v) is 11.6. The average Bonchev–Trinajstić information content (AvgIpc) is 2.45. The number of benzene rings is 1. The van der Waals surface area contributed by atoms with Crippen molar-refractivity contribution in [1.82, 2.24) is 4.90 Å². The number of carbonyl (C=O) groups excluding carboxylic acids is 1. The SMILES string of the molecule is CC1COCCN1C(=O)C=Cc1ccc(C(F)(F)F)cc1. The van der Waals surface area contributed by atoms with E-state index in [0.29, 0.717) is 25.3 Å². The van der Waals surface area contributed by atoms with E-state index in [2.05, 4.69) is 0 Å². The predicted octanol–water partition coefficient (Wildman–Crippen LogP) is 2.97. The lowest BCUT2D eigenvalue weighted by Gasteiger charge is -2.32. The summed E-state index contributed by atoms with van der Waals surface area (Å²) in [5, 5.41) is 0. The Hall–Kier alpha value is -1.82. The second-order valence-corrected chi connectivity index (χ2v) is 4.91. The first kappa shape index (κ1) is 15.6. The summed E-state index contributed by atoms with van der Waals surface area (Å²) >= 11 is 0. The highest BCUT2D eigenvalue weighted by Crippen LogP contribution is 2.29. The monoisotopic (exact) mass is 299 g/mol. The molecule has 6 heteroatoms. The molecule has 1 heterocycles. The lowest BCUT2D eigenvalue weighted by atomic mass is 10.1. The molecule has 0 bridgehead atoms. The lowest BCUT2D eigenvalue weighted by Crippen LogP contribution is -2.46. The summed E-state index contributed by atoms with van der Waals surface area (Å²) < 4.78 is 42.5. The number of hydrogen-bond acceptors (Lipinski definition) is 2. The van der Waals surface area contributed by atoms with Crippen LogP contribution in [0.3, 0.4) is 0 Å². The average molecular weight is 299 g/mol. The fraction of sp³-hybridized carbons (Fsp3) is 0.400. The maximum absolute atomic E-state index is 12.4. The van der Waals surface area contributed by atoms with Crippen molar-refractivity contribution in [3.8, 4) is 0 Å². The van der Waals surface area contributed by atoms with Crippen LogP contribution < -0.4 is 0 Å². The van der Waals surface area contributed by atoms with Crippen molar-refractivity contribution in [1.29, 1.82) is 0 Å². The fourth-order valence-corrected chi connectivity index (χ4v) is 2.10. The van der Waals surface area contributed by atoms with E-state index in [0.717, 1.165) is 12.1 Å². The molecule has 0 aliphatic carbocycles. The maximum Gasteiger partial charge on any atom is 0.416 e. The molecule has 0 radical (unpaired) electrons. The standard InChI is InChI=1S/C15H16F3NO2/c1-11-10-21-9-8-19(11)14(20)7-4-12-2-5-13(6-3-12)15(16,17)18/h2-7,11H,8-10H2,1H3. The van der Waals surface area contributed by atoms with E-state index in [9.17, 15) is 18.0 Å². The number of carbonyl (C=O) groups is 1. The summed E-state index contributed by atoms with van der Waals surface area (Å²) in [7, 11) is 0. The van der Waals surface area contributed by atoms with Crippen LogP contribution in [0.15, 0.2) is 30.3 Å². The van der Waals surface area contributed by atoms with Gasteiger partial charge in [0.25, 0.3) is 0 Å². The van der Waals surface area contributed by atoms with Crippen molar-refractivity contribution < 1.29 is 22.7 Å². The van der Waals surface area contributed by atoms with E-state index in [1.165, 1.54) is 24.3 Å². The molecular formula is C15H16F3NO2. The van der Waals surface area contributed by atoms with Crippen LogP contribution >= 0.6 is 0 Å². The number of nitrogens with zero attached hydrogens (tertiary/aromatic N) is 1. The number of morpholine rings is 1. The molecule has 0 N–H and O–H groups in total. The summed E-state index contributed by atoms with van der Waals surface area (Å²) in [5.74, 6) is -0.161. The number of ether oxygens (including phenoxy) is 1. The topological polar surface area (TPSA) is 29.5 Å². The number of hydrogen-bond donors (Lipinski definition) is 0. The van der Waals surface area contributed by atoms with Gasteiger partial charge in [0.15, 0.2) is 0 Å². The Kier molecular flexibility index (Phi) is 4.67. The van der Waals surface area contributed by atoms with Crippen molar-refractivity contribution in [2.75, 3.05) is 19.8 Å². The van der Waals surface area contributed by atoms with Crippen LogP contribution in [0.1, 0.15) is 18.1 Å². The molecule has 2 rings (SSSR count). The van der Waals surface area contributed by atoms with E-state index in [1.807, 2.05) is 6.92 Å². The summed E-state index contributed by atoms with van der Waals surface area (Å²) in [6.07, 6.45) is -1.45. The lowest BCUT2D eigenvalue weighted by molar-refractivity contribution is -0.137. The van der Waals surface area contributed by atoms with Gasteiger partial charge in [0.1, 0.15) is 0 Å². The first-order chi connectivity index (χ1) is 9.88. The van der Waals surface area contributed by atoms with Crippen LogP contribution in [0.4, 0.5) is 13.2 Å². The Balaban J connectivity index is 2.02. The van der Waals surface area contributed by atoms with E-state index in [1.54, 1.807) is 4.90 Å². The minimum atomic E-state index is -4.35. The molecule has 0 spiro atoms.